The molecule has 0 N–H and O–H groups in total. The van der Waals surface area contributed by atoms with Gasteiger partial charge in [0.2, 0.25) is 0 Å². The third-order valence-corrected chi connectivity index (χ3v) is 19.5. The maximum Gasteiger partial charge on any atom is 0.298 e. The number of para-hydroxylation sites is 6. The molecule has 2 aliphatic carbocycles. The monoisotopic (exact) mass is 1040 g/mol. The predicted octanol–water partition coefficient (Wildman–Crippen LogP) is 15.2. The van der Waals surface area contributed by atoms with E-state index in [-0.39, 0.29) is 0 Å². The van der Waals surface area contributed by atoms with Crippen LogP contribution < -0.4 is 13.7 Å². The topological polar surface area (TPSA) is 63.5 Å². The van der Waals surface area contributed by atoms with Crippen LogP contribution in [-0.2, 0) is 19.6 Å². The first-order valence-electron chi connectivity index (χ1n) is 29.5. The number of pyridine rings is 6. The molecule has 0 spiro atoms. The van der Waals surface area contributed by atoms with Gasteiger partial charge in [0.25, 0.3) is 16.9 Å². The van der Waals surface area contributed by atoms with E-state index in [1.807, 2.05) is 18.6 Å². The van der Waals surface area contributed by atoms with Crippen molar-refractivity contribution < 1.29 is 13.7 Å². The number of hydrogen-bond acceptors (Lipinski definition) is 3. The largest absolute Gasteiger partial charge is 0.298 e. The van der Waals surface area contributed by atoms with Crippen LogP contribution in [0.3, 0.4) is 0 Å². The van der Waals surface area contributed by atoms with E-state index in [1.54, 1.807) is 0 Å². The Morgan fingerprint density at radius 2 is 0.713 bits per heavy atom. The van der Waals surface area contributed by atoms with Crippen LogP contribution in [0.15, 0.2) is 164 Å². The third kappa shape index (κ3) is 6.02. The minimum atomic E-state index is 0.463. The molecule has 9 nitrogen and oxygen atoms in total. The summed E-state index contributed by atoms with van der Waals surface area (Å²) < 4.78 is 14.8. The molecule has 9 heteroatoms. The first-order chi connectivity index (χ1) is 39.6. The van der Waals surface area contributed by atoms with Gasteiger partial charge >= 0.3 is 0 Å². The van der Waals surface area contributed by atoms with Crippen LogP contribution in [-0.4, -0.2) is 28.2 Å². The Morgan fingerprint density at radius 1 is 0.362 bits per heavy atom. The molecular weight excluding hydrogens is 979 g/mol. The Bertz CT molecular complexity index is 5200. The zero-order chi connectivity index (χ0) is 52.5. The SMILES string of the molecule is CC(C)c1cccc2c1c1nccc3c1c1n2c2ccccc2[n+]1C3.c1cc(C2CCCC2)c2c3nccc4c3c3n(c2c1)c1ccccc1[n+]3C4.c1cc(C2CCCCC2)c2c3nccc4c3c3n(c2c1)c1ccccc1[n+]3C4. The molecule has 0 atom stereocenters. The van der Waals surface area contributed by atoms with Gasteiger partial charge in [-0.05, 0) is 133 Å². The van der Waals surface area contributed by atoms with Crippen molar-refractivity contribution in [3.63, 3.8) is 0 Å². The molecule has 0 saturated heterocycles. The Labute approximate surface area is 461 Å². The van der Waals surface area contributed by atoms with E-state index in [2.05, 4.69) is 186 Å². The van der Waals surface area contributed by atoms with Gasteiger partial charge in [0, 0.05) is 35.3 Å². The predicted molar refractivity (Wildman–Crippen MR) is 322 cm³/mol. The van der Waals surface area contributed by atoms with Crippen molar-refractivity contribution in [2.45, 2.75) is 109 Å². The molecule has 0 radical (unpaired) electrons. The number of nitrogens with zero attached hydrogens (tertiary/aromatic N) is 9. The van der Waals surface area contributed by atoms with Crippen LogP contribution >= 0.6 is 0 Å². The quantitative estimate of drug-likeness (QED) is 0.131. The highest BCUT2D eigenvalue weighted by molar-refractivity contribution is 6.16. The van der Waals surface area contributed by atoms with Crippen LogP contribution in [0.25, 0.3) is 115 Å². The molecule has 15 aromatic rings. The first-order valence-corrected chi connectivity index (χ1v) is 29.5. The fourth-order valence-electron chi connectivity index (χ4n) is 16.2. The van der Waals surface area contributed by atoms with Crippen LogP contribution in [0.2, 0.25) is 0 Å². The lowest BCUT2D eigenvalue weighted by Gasteiger charge is -2.23. The molecule has 0 bridgehead atoms. The highest BCUT2D eigenvalue weighted by Gasteiger charge is 2.37. The summed E-state index contributed by atoms with van der Waals surface area (Å²) in [6.07, 6.45) is 18.0. The second-order valence-corrected chi connectivity index (χ2v) is 24.0. The number of hydrogen-bond donors (Lipinski definition) is 0. The van der Waals surface area contributed by atoms with Gasteiger partial charge in [-0.3, -0.25) is 15.0 Å². The summed E-state index contributed by atoms with van der Waals surface area (Å²) in [6, 6.07) is 53.4. The van der Waals surface area contributed by atoms with Gasteiger partial charge in [0.15, 0.2) is 33.1 Å². The minimum Gasteiger partial charge on any atom is -0.255 e. The molecule has 386 valence electrons. The van der Waals surface area contributed by atoms with Gasteiger partial charge in [-0.2, -0.15) is 13.2 Å². The Hall–Kier alpha value is -8.82. The second-order valence-electron chi connectivity index (χ2n) is 24.0. The molecule has 2 fully saturated rings. The van der Waals surface area contributed by atoms with Crippen molar-refractivity contribution in [1.29, 1.82) is 0 Å². The summed E-state index contributed by atoms with van der Waals surface area (Å²) in [4.78, 5) is 14.7. The van der Waals surface area contributed by atoms with Gasteiger partial charge in [-0.25, -0.2) is 13.7 Å². The van der Waals surface area contributed by atoms with Gasteiger partial charge in [-0.15, -0.1) is 0 Å². The molecule has 2 saturated carbocycles. The third-order valence-electron chi connectivity index (χ3n) is 19.5. The lowest BCUT2D eigenvalue weighted by molar-refractivity contribution is -0.631. The molecule has 80 heavy (non-hydrogen) atoms. The van der Waals surface area contributed by atoms with Crippen LogP contribution in [0.1, 0.15) is 123 Å². The van der Waals surface area contributed by atoms with E-state index < -0.39 is 0 Å². The molecule has 12 heterocycles. The van der Waals surface area contributed by atoms with E-state index in [0.29, 0.717) is 17.8 Å². The number of fused-ring (bicyclic) bond motifs is 18. The molecule has 5 aliphatic rings. The molecular formula is C71H60N9+3. The average molecular weight is 1040 g/mol. The molecule has 20 rings (SSSR count). The number of imidazole rings is 3. The molecule has 0 amide bonds. The second kappa shape index (κ2) is 16.9. The normalized spacial score (nSPS) is 15.8. The highest BCUT2D eigenvalue weighted by atomic mass is 15.2. The van der Waals surface area contributed by atoms with E-state index in [9.17, 15) is 0 Å². The number of rotatable bonds is 3. The van der Waals surface area contributed by atoms with Crippen molar-refractivity contribution in [2.75, 3.05) is 0 Å². The maximum atomic E-state index is 4.95. The highest BCUT2D eigenvalue weighted by Crippen LogP contribution is 2.45. The fourth-order valence-corrected chi connectivity index (χ4v) is 16.2. The van der Waals surface area contributed by atoms with Gasteiger partial charge in [-0.1, -0.05) is 119 Å². The summed E-state index contributed by atoms with van der Waals surface area (Å²) >= 11 is 0. The lowest BCUT2D eigenvalue weighted by atomic mass is 9.82. The number of aromatic nitrogens is 9. The van der Waals surface area contributed by atoms with Crippen molar-refractivity contribution >= 4 is 115 Å². The Morgan fingerprint density at radius 3 is 1.12 bits per heavy atom. The fraction of sp³-hybridized carbons (Fsp3) is 0.239. The summed E-state index contributed by atoms with van der Waals surface area (Å²) in [5.74, 6) is 1.80. The van der Waals surface area contributed by atoms with Crippen molar-refractivity contribution in [1.82, 2.24) is 28.2 Å². The summed E-state index contributed by atoms with van der Waals surface area (Å²) in [7, 11) is 0. The van der Waals surface area contributed by atoms with E-state index >= 15 is 0 Å². The number of benzene rings is 6. The molecule has 6 aromatic carbocycles. The standard InChI is InChI=1S/C25H22N3.C24H20N3.C22H18N3/c1-2-7-16(8-3-1)18-9-6-12-21-23(18)24-22-17(13-14-26-24)15-27-19-10-4-5-11-20(19)28(21)25(22)27;1-2-7-15(6-1)17-8-5-11-20-22(17)23-21-16(12-13-25-23)14-26-18-9-3-4-10-19(18)27(20)24(21)26;1-13(2)15-6-5-9-18-20(15)21-19-14(10-11-23-21)12-24-16-7-3-4-8-17(16)25(18)22(19)24/h4-6,9-14,16H,1-3,7-8,15H2;3-5,8-13,15H,1-2,6-7,14H2;3-11,13H,12H2,1-2H3/q3*+1. The van der Waals surface area contributed by atoms with Crippen LogP contribution in [0.4, 0.5) is 0 Å². The summed E-state index contributed by atoms with van der Waals surface area (Å²) in [6.45, 7) is 7.35. The first kappa shape index (κ1) is 45.1. The van der Waals surface area contributed by atoms with Crippen molar-refractivity contribution in [3.8, 4) is 0 Å². The molecule has 0 unspecified atom stereocenters. The molecule has 3 aliphatic heterocycles. The zero-order valence-electron chi connectivity index (χ0n) is 45.3. The van der Waals surface area contributed by atoms with E-state index in [1.165, 1.54) is 201 Å². The zero-order valence-corrected chi connectivity index (χ0v) is 45.3. The van der Waals surface area contributed by atoms with Crippen molar-refractivity contribution in [3.05, 3.63) is 198 Å². The van der Waals surface area contributed by atoms with Gasteiger partial charge in [0.1, 0.15) is 36.2 Å². The van der Waals surface area contributed by atoms with Gasteiger partial charge < -0.3 is 0 Å². The molecule has 9 aromatic heterocycles. The van der Waals surface area contributed by atoms with Gasteiger partial charge in [0.05, 0.1) is 48.9 Å². The van der Waals surface area contributed by atoms with E-state index in [0.717, 1.165) is 25.2 Å². The lowest BCUT2D eigenvalue weighted by Crippen LogP contribution is -2.30. The Balaban J connectivity index is 0.0000000930. The van der Waals surface area contributed by atoms with Crippen LogP contribution in [0.5, 0.6) is 0 Å². The maximum absolute atomic E-state index is 4.95. The summed E-state index contributed by atoms with van der Waals surface area (Å²) in [5, 5.41) is 8.09. The van der Waals surface area contributed by atoms with E-state index in [4.69, 9.17) is 15.0 Å². The minimum absolute atomic E-state index is 0.463. The summed E-state index contributed by atoms with van der Waals surface area (Å²) in [5.41, 5.74) is 27.7. The van der Waals surface area contributed by atoms with Crippen LogP contribution in [0, 0.1) is 0 Å². The smallest absolute Gasteiger partial charge is 0.255 e. The van der Waals surface area contributed by atoms with Crippen molar-refractivity contribution in [2.24, 2.45) is 0 Å². The average Bonchev–Trinajstić information content (AvgIpc) is 4.52. The Kier molecular flexibility index (Phi) is 9.50.